The number of hydrogen-bond acceptors (Lipinski definition) is 6. The lowest BCUT2D eigenvalue weighted by atomic mass is 10.3. The summed E-state index contributed by atoms with van der Waals surface area (Å²) in [5.41, 5.74) is 0.299. The van der Waals surface area contributed by atoms with E-state index < -0.39 is 38.3 Å². The Labute approximate surface area is 224 Å². The number of aromatic nitrogens is 1. The fraction of sp³-hybridized carbons (Fsp3) is 0.0400. The Balaban J connectivity index is 1.53. The first kappa shape index (κ1) is 27.0. The van der Waals surface area contributed by atoms with Crippen LogP contribution in [0.25, 0.3) is 0 Å². The number of hydrogen-bond donors (Lipinski definition) is 2. The third-order valence-electron chi connectivity index (χ3n) is 5.16. The second kappa shape index (κ2) is 11.2. The van der Waals surface area contributed by atoms with Gasteiger partial charge in [-0.2, -0.15) is 0 Å². The number of rotatable bonds is 9. The molecule has 196 valence electrons. The van der Waals surface area contributed by atoms with E-state index in [4.69, 9.17) is 11.6 Å². The molecule has 0 unspecified atom stereocenters. The van der Waals surface area contributed by atoms with Crippen LogP contribution in [0.5, 0.6) is 0 Å². The van der Waals surface area contributed by atoms with Crippen molar-refractivity contribution < 1.29 is 26.0 Å². The van der Waals surface area contributed by atoms with Gasteiger partial charge in [0.1, 0.15) is 18.2 Å². The number of anilines is 3. The monoisotopic (exact) mass is 574 g/mol. The van der Waals surface area contributed by atoms with Gasteiger partial charge in [-0.1, -0.05) is 17.7 Å². The molecule has 2 N–H and O–H groups in total. The first-order valence-corrected chi connectivity index (χ1v) is 14.2. The van der Waals surface area contributed by atoms with Crippen LogP contribution in [-0.2, 0) is 24.8 Å². The fourth-order valence-corrected chi connectivity index (χ4v) is 5.88. The number of nitrogens with zero attached hydrogens (tertiary/aromatic N) is 2. The van der Waals surface area contributed by atoms with Crippen molar-refractivity contribution >= 4 is 54.7 Å². The van der Waals surface area contributed by atoms with Crippen molar-refractivity contribution in [1.29, 1.82) is 0 Å². The van der Waals surface area contributed by atoms with Crippen LogP contribution in [-0.4, -0.2) is 34.3 Å². The smallest absolute Gasteiger partial charge is 0.264 e. The highest BCUT2D eigenvalue weighted by Crippen LogP contribution is 2.25. The molecule has 38 heavy (non-hydrogen) atoms. The molecule has 9 nitrogen and oxygen atoms in total. The zero-order valence-electron chi connectivity index (χ0n) is 19.5. The number of halogens is 2. The first-order valence-electron chi connectivity index (χ1n) is 10.9. The van der Waals surface area contributed by atoms with Gasteiger partial charge in [0.25, 0.3) is 20.0 Å². The van der Waals surface area contributed by atoms with Crippen LogP contribution in [0.15, 0.2) is 107 Å². The van der Waals surface area contributed by atoms with E-state index in [1.54, 1.807) is 12.1 Å². The number of pyridine rings is 1. The van der Waals surface area contributed by atoms with Crippen molar-refractivity contribution in [1.82, 2.24) is 4.98 Å². The van der Waals surface area contributed by atoms with Gasteiger partial charge >= 0.3 is 0 Å². The Morgan fingerprint density at radius 2 is 1.47 bits per heavy atom. The fourth-order valence-electron chi connectivity index (χ4n) is 3.32. The zero-order chi connectivity index (χ0) is 27.3. The van der Waals surface area contributed by atoms with E-state index in [9.17, 15) is 26.0 Å². The number of sulfonamides is 2. The molecule has 0 aliphatic rings. The lowest BCUT2D eigenvalue weighted by molar-refractivity contribution is -0.114. The molecule has 1 amide bonds. The maximum Gasteiger partial charge on any atom is 0.264 e. The van der Waals surface area contributed by atoms with Gasteiger partial charge < -0.3 is 5.32 Å². The molecule has 0 fully saturated rings. The average molecular weight is 575 g/mol. The topological polar surface area (TPSA) is 126 Å². The van der Waals surface area contributed by atoms with E-state index in [2.05, 4.69) is 15.0 Å². The van der Waals surface area contributed by atoms with E-state index >= 15 is 0 Å². The van der Waals surface area contributed by atoms with E-state index in [-0.39, 0.29) is 27.0 Å². The Hall–Kier alpha value is -4.00. The van der Waals surface area contributed by atoms with Crippen molar-refractivity contribution in [3.63, 3.8) is 0 Å². The third-order valence-corrected chi connectivity index (χ3v) is 8.57. The predicted octanol–water partition coefficient (Wildman–Crippen LogP) is 4.51. The Morgan fingerprint density at radius 3 is 2.08 bits per heavy atom. The molecule has 0 saturated heterocycles. The van der Waals surface area contributed by atoms with Crippen LogP contribution >= 0.6 is 11.6 Å². The zero-order valence-corrected chi connectivity index (χ0v) is 21.8. The summed E-state index contributed by atoms with van der Waals surface area (Å²) in [6, 6.07) is 20.1. The molecule has 0 spiro atoms. The highest BCUT2D eigenvalue weighted by atomic mass is 35.5. The minimum Gasteiger partial charge on any atom is -0.325 e. The molecule has 4 rings (SSSR count). The molecular formula is C25H20ClFN4O5S2. The van der Waals surface area contributed by atoms with Gasteiger partial charge in [-0.15, -0.1) is 0 Å². The molecule has 4 aromatic rings. The molecule has 0 aliphatic carbocycles. The number of carbonyl (C=O) groups excluding carboxylic acids is 1. The summed E-state index contributed by atoms with van der Waals surface area (Å²) in [4.78, 5) is 16.6. The minimum atomic E-state index is -4.23. The van der Waals surface area contributed by atoms with Crippen LogP contribution in [0.1, 0.15) is 0 Å². The number of benzene rings is 3. The molecular weight excluding hydrogens is 555 g/mol. The number of carbonyl (C=O) groups is 1. The van der Waals surface area contributed by atoms with Gasteiger partial charge in [0.05, 0.1) is 15.5 Å². The second-order valence-corrected chi connectivity index (χ2v) is 11.8. The summed E-state index contributed by atoms with van der Waals surface area (Å²) in [5.74, 6) is -1.14. The maximum atomic E-state index is 13.5. The van der Waals surface area contributed by atoms with Crippen LogP contribution in [0, 0.1) is 5.82 Å². The van der Waals surface area contributed by atoms with E-state index in [1.807, 2.05) is 0 Å². The van der Waals surface area contributed by atoms with Gasteiger partial charge in [0, 0.05) is 16.9 Å². The van der Waals surface area contributed by atoms with Crippen molar-refractivity contribution in [2.24, 2.45) is 0 Å². The summed E-state index contributed by atoms with van der Waals surface area (Å²) in [6.07, 6.45) is 1.44. The molecule has 0 saturated carbocycles. The maximum absolute atomic E-state index is 13.5. The summed E-state index contributed by atoms with van der Waals surface area (Å²) >= 11 is 5.87. The van der Waals surface area contributed by atoms with E-state index in [0.29, 0.717) is 5.02 Å². The normalized spacial score (nSPS) is 11.5. The molecule has 13 heteroatoms. The van der Waals surface area contributed by atoms with Gasteiger partial charge in [0.15, 0.2) is 0 Å². The SMILES string of the molecule is O=C(CN(c1ccc(F)cc1)S(=O)(=O)c1ccc(Cl)cc1)Nc1ccc(S(=O)(=O)Nc2ccccn2)cc1. The average Bonchev–Trinajstić information content (AvgIpc) is 2.89. The van der Waals surface area contributed by atoms with Crippen LogP contribution in [0.2, 0.25) is 5.02 Å². The van der Waals surface area contributed by atoms with Crippen molar-refractivity contribution in [3.05, 3.63) is 108 Å². The highest BCUT2D eigenvalue weighted by molar-refractivity contribution is 7.93. The van der Waals surface area contributed by atoms with Crippen LogP contribution in [0.4, 0.5) is 21.6 Å². The lowest BCUT2D eigenvalue weighted by Gasteiger charge is -2.24. The highest BCUT2D eigenvalue weighted by Gasteiger charge is 2.27. The molecule has 0 bridgehead atoms. The van der Waals surface area contributed by atoms with Crippen molar-refractivity contribution in [2.45, 2.75) is 9.79 Å². The molecule has 1 aromatic heterocycles. The van der Waals surface area contributed by atoms with E-state index in [1.165, 1.54) is 72.9 Å². The van der Waals surface area contributed by atoms with Gasteiger partial charge in [-0.3, -0.25) is 13.8 Å². The third kappa shape index (κ3) is 6.46. The van der Waals surface area contributed by atoms with Gasteiger partial charge in [0.2, 0.25) is 5.91 Å². The summed E-state index contributed by atoms with van der Waals surface area (Å²) < 4.78 is 68.5. The van der Waals surface area contributed by atoms with Crippen molar-refractivity contribution in [2.75, 3.05) is 20.9 Å². The molecule has 0 aliphatic heterocycles. The van der Waals surface area contributed by atoms with Gasteiger partial charge in [-0.05, 0) is 84.9 Å². The van der Waals surface area contributed by atoms with Crippen LogP contribution < -0.4 is 14.3 Å². The Bertz CT molecular complexity index is 1640. The predicted molar refractivity (Wildman–Crippen MR) is 143 cm³/mol. The Morgan fingerprint density at radius 1 is 0.842 bits per heavy atom. The van der Waals surface area contributed by atoms with Crippen molar-refractivity contribution in [3.8, 4) is 0 Å². The molecule has 0 atom stereocenters. The molecule has 0 radical (unpaired) electrons. The largest absolute Gasteiger partial charge is 0.325 e. The second-order valence-electron chi connectivity index (χ2n) is 7.84. The summed E-state index contributed by atoms with van der Waals surface area (Å²) in [5, 5.41) is 2.88. The van der Waals surface area contributed by atoms with E-state index in [0.717, 1.165) is 16.4 Å². The van der Waals surface area contributed by atoms with Gasteiger partial charge in [-0.25, -0.2) is 26.2 Å². The number of amides is 1. The lowest BCUT2D eigenvalue weighted by Crippen LogP contribution is -2.38. The molecule has 1 heterocycles. The minimum absolute atomic E-state index is 0.0681. The quantitative estimate of drug-likeness (QED) is 0.303. The van der Waals surface area contributed by atoms with Crippen LogP contribution in [0.3, 0.4) is 0 Å². The first-order chi connectivity index (χ1) is 18.0. The Kier molecular flexibility index (Phi) is 7.95. The summed E-state index contributed by atoms with van der Waals surface area (Å²) in [6.45, 7) is -0.641. The standard InChI is InChI=1S/C25H20ClFN4O5S2/c26-18-4-12-23(13-5-18)38(35,36)31(21-10-6-19(27)7-11-21)17-25(32)29-20-8-14-22(15-9-20)37(33,34)30-24-3-1-2-16-28-24/h1-16H,17H2,(H,28,30)(H,29,32). The molecule has 3 aromatic carbocycles. The number of nitrogens with one attached hydrogen (secondary N) is 2. The summed E-state index contributed by atoms with van der Waals surface area (Å²) in [7, 11) is -8.15.